The molecule has 0 aromatic heterocycles. The maximum Gasteiger partial charge on any atom is 0.185 e. The van der Waals surface area contributed by atoms with Crippen molar-refractivity contribution in [2.45, 2.75) is 104 Å². The van der Waals surface area contributed by atoms with Gasteiger partial charge >= 0.3 is 0 Å². The van der Waals surface area contributed by atoms with Gasteiger partial charge in [0.2, 0.25) is 0 Å². The van der Waals surface area contributed by atoms with Gasteiger partial charge in [-0.1, -0.05) is 269 Å². The van der Waals surface area contributed by atoms with Gasteiger partial charge in [-0.15, -0.1) is 0 Å². The van der Waals surface area contributed by atoms with Gasteiger partial charge in [-0.3, -0.25) is 9.59 Å². The van der Waals surface area contributed by atoms with Crippen molar-refractivity contribution in [2.75, 3.05) is 0 Å². The monoisotopic (exact) mass is 1160 g/mol. The van der Waals surface area contributed by atoms with Gasteiger partial charge in [-0.25, -0.2) is 0 Å². The number of carbonyl (C=O) groups excluding carboxylic acids is 2. The van der Waals surface area contributed by atoms with Crippen LogP contribution >= 0.6 is 0 Å². The maximum absolute atomic E-state index is 12.1. The molecule has 0 aliphatic heterocycles. The van der Waals surface area contributed by atoms with Gasteiger partial charge in [-0.2, -0.15) is 0 Å². The van der Waals surface area contributed by atoms with Crippen molar-refractivity contribution in [2.24, 2.45) is 0 Å². The van der Waals surface area contributed by atoms with Crippen LogP contribution in [0.15, 0.2) is 224 Å². The van der Waals surface area contributed by atoms with E-state index in [0.717, 1.165) is 44.5 Å². The van der Waals surface area contributed by atoms with Crippen molar-refractivity contribution in [3.05, 3.63) is 364 Å². The van der Waals surface area contributed by atoms with E-state index in [4.69, 9.17) is 0 Å². The van der Waals surface area contributed by atoms with Gasteiger partial charge in [0.05, 0.1) is 0 Å². The fraction of sp³-hybridized carbons (Fsp3) is 0.172. The van der Waals surface area contributed by atoms with Crippen molar-refractivity contribution in [3.8, 4) is 11.8 Å². The molecule has 0 aliphatic rings. The second kappa shape index (κ2) is 34.4. The number of rotatable bonds is 10. The van der Waals surface area contributed by atoms with Gasteiger partial charge in [0.25, 0.3) is 0 Å². The Morgan fingerprint density at radius 3 is 1.03 bits per heavy atom. The van der Waals surface area contributed by atoms with Crippen LogP contribution < -0.4 is 0 Å². The molecule has 0 spiro atoms. The molecule has 0 bridgehead atoms. The van der Waals surface area contributed by atoms with E-state index >= 15 is 0 Å². The van der Waals surface area contributed by atoms with Crippen LogP contribution in [0.5, 0.6) is 0 Å². The third kappa shape index (κ3) is 23.7. The lowest BCUT2D eigenvalue weighted by Gasteiger charge is -2.02. The van der Waals surface area contributed by atoms with E-state index in [9.17, 15) is 9.59 Å². The topological polar surface area (TPSA) is 34.1 Å². The summed E-state index contributed by atoms with van der Waals surface area (Å²) < 4.78 is 0. The molecule has 89 heavy (non-hydrogen) atoms. The van der Waals surface area contributed by atoms with Crippen molar-refractivity contribution >= 4 is 48.0 Å². The highest BCUT2D eigenvalue weighted by molar-refractivity contribution is 6.07. The molecule has 0 aliphatic carbocycles. The van der Waals surface area contributed by atoms with Crippen LogP contribution in [0.4, 0.5) is 0 Å². The van der Waals surface area contributed by atoms with Crippen molar-refractivity contribution in [3.63, 3.8) is 0 Å². The van der Waals surface area contributed by atoms with Crippen LogP contribution in [0, 0.1) is 116 Å². The number of allylic oxidation sites excluding steroid dienone is 2. The van der Waals surface area contributed by atoms with E-state index < -0.39 is 0 Å². The molecule has 448 valence electrons. The molecule has 0 unspecified atom stereocenters. The first-order chi connectivity index (χ1) is 42.6. The normalized spacial score (nSPS) is 10.7. The van der Waals surface area contributed by atoms with Crippen molar-refractivity contribution in [1.29, 1.82) is 0 Å². The predicted molar refractivity (Wildman–Crippen MR) is 386 cm³/mol. The molecule has 10 aromatic rings. The number of hydrogen-bond acceptors (Lipinski definition) is 2. The van der Waals surface area contributed by atoms with E-state index in [1.807, 2.05) is 113 Å². The summed E-state index contributed by atoms with van der Waals surface area (Å²) in [6.07, 6.45) is 15.7. The first-order valence-electron chi connectivity index (χ1n) is 30.6. The van der Waals surface area contributed by atoms with Gasteiger partial charge in [0.1, 0.15) is 0 Å². The maximum atomic E-state index is 12.1. The lowest BCUT2D eigenvalue weighted by atomic mass is 10.0. The first-order valence-corrected chi connectivity index (χ1v) is 30.6. The van der Waals surface area contributed by atoms with E-state index in [-0.39, 0.29) is 11.6 Å². The Balaban J connectivity index is 0.000000177. The van der Waals surface area contributed by atoms with Crippen molar-refractivity contribution in [1.82, 2.24) is 0 Å². The van der Waals surface area contributed by atoms with Crippen LogP contribution in [-0.2, 0) is 0 Å². The summed E-state index contributed by atoms with van der Waals surface area (Å²) >= 11 is 0. The minimum atomic E-state index is 0.0416. The Labute approximate surface area is 533 Å². The minimum absolute atomic E-state index is 0.0416. The summed E-state index contributed by atoms with van der Waals surface area (Å²) in [6, 6.07) is 72.7. The zero-order chi connectivity index (χ0) is 64.4. The molecule has 0 fully saturated rings. The molecule has 0 heterocycles. The molecule has 2 heteroatoms. The Morgan fingerprint density at radius 2 is 0.562 bits per heavy atom. The third-order valence-electron chi connectivity index (χ3n) is 15.4. The standard InChI is InChI=1S/2C18H18O.2C17H18.C17H16/c1-13-4-8-17(9-5-13)18(19)11-10-16-7-6-14(2)12-15(16)3;1-13-4-7-16(8-5-13)9-11-18(19)17-10-6-14(2)15(3)12-17;1-13-4-7-16(8-5-13)9-11-17-10-6-14(2)12-15(17)3;2*1-13-4-7-16(8-5-13)10-11-17-9-6-14(2)15(3)12-17/h2*4-12H,1-3H3;2*4-12H,1-3H3;4-9,12H,1-3H3. The quantitative estimate of drug-likeness (QED) is 0.0592. The van der Waals surface area contributed by atoms with Crippen LogP contribution in [0.3, 0.4) is 0 Å². The molecule has 0 saturated heterocycles. The average molecular weight is 1170 g/mol. The van der Waals surface area contributed by atoms with E-state index in [2.05, 4.69) is 252 Å². The number of benzene rings is 10. The molecule has 0 saturated carbocycles. The van der Waals surface area contributed by atoms with E-state index in [1.165, 1.54) is 94.6 Å². The van der Waals surface area contributed by atoms with Crippen LogP contribution in [-0.4, -0.2) is 11.6 Å². The predicted octanol–water partition coefficient (Wildman–Crippen LogP) is 22.6. The third-order valence-corrected chi connectivity index (χ3v) is 15.4. The van der Waals surface area contributed by atoms with Crippen molar-refractivity contribution < 1.29 is 9.59 Å². The van der Waals surface area contributed by atoms with Crippen LogP contribution in [0.1, 0.15) is 149 Å². The second-order valence-corrected chi connectivity index (χ2v) is 23.4. The summed E-state index contributed by atoms with van der Waals surface area (Å²) in [5.74, 6) is 6.47. The minimum Gasteiger partial charge on any atom is -0.289 e. The fourth-order valence-electron chi connectivity index (χ4n) is 9.05. The van der Waals surface area contributed by atoms with Gasteiger partial charge in [0.15, 0.2) is 11.6 Å². The molecule has 0 atom stereocenters. The SMILES string of the molecule is Cc1ccc(C#Cc2ccc(C)c(C)c2)cc1.Cc1ccc(C(=O)C=Cc2ccc(C)cc2C)cc1.Cc1ccc(C=CC(=O)c2ccc(C)c(C)c2)cc1.Cc1ccc(C=Cc2ccc(C)c(C)c2)cc1.Cc1ccc(C=Cc2ccc(C)cc2C)cc1. The lowest BCUT2D eigenvalue weighted by Crippen LogP contribution is -1.95. The van der Waals surface area contributed by atoms with Crippen LogP contribution in [0.2, 0.25) is 0 Å². The Hall–Kier alpha value is -9.94. The zero-order valence-corrected chi connectivity index (χ0v) is 55.1. The first kappa shape index (κ1) is 68.2. The molecule has 0 amide bonds. The zero-order valence-electron chi connectivity index (χ0n) is 55.1. The summed E-state index contributed by atoms with van der Waals surface area (Å²) in [6.45, 7) is 31.4. The number of aryl methyl sites for hydroxylation is 15. The Bertz CT molecular complexity index is 4150. The summed E-state index contributed by atoms with van der Waals surface area (Å²) in [5, 5.41) is 0. The summed E-state index contributed by atoms with van der Waals surface area (Å²) in [5.41, 5.74) is 29.7. The molecule has 2 nitrogen and oxygen atoms in total. The highest BCUT2D eigenvalue weighted by Crippen LogP contribution is 2.19. The highest BCUT2D eigenvalue weighted by atomic mass is 16.1. The lowest BCUT2D eigenvalue weighted by molar-refractivity contribution is 0.103. The molecular formula is C87H88O2. The number of hydrogen-bond donors (Lipinski definition) is 0. The smallest absolute Gasteiger partial charge is 0.185 e. The van der Waals surface area contributed by atoms with Gasteiger partial charge in [0, 0.05) is 22.3 Å². The van der Waals surface area contributed by atoms with E-state index in [1.54, 1.807) is 12.2 Å². The molecule has 10 rings (SSSR count). The summed E-state index contributed by atoms with van der Waals surface area (Å²) in [4.78, 5) is 24.1. The average Bonchev–Trinajstić information content (AvgIpc) is 3.48. The molecular weight excluding hydrogens is 1080 g/mol. The molecule has 10 aromatic carbocycles. The van der Waals surface area contributed by atoms with Crippen LogP contribution in [0.25, 0.3) is 36.5 Å². The highest BCUT2D eigenvalue weighted by Gasteiger charge is 2.05. The van der Waals surface area contributed by atoms with Gasteiger partial charge < -0.3 is 0 Å². The molecule has 0 radical (unpaired) electrons. The number of ketones is 2. The van der Waals surface area contributed by atoms with E-state index in [0.29, 0.717) is 0 Å². The largest absolute Gasteiger partial charge is 0.289 e. The second-order valence-electron chi connectivity index (χ2n) is 23.4. The fourth-order valence-corrected chi connectivity index (χ4v) is 9.05. The number of carbonyl (C=O) groups is 2. The van der Waals surface area contributed by atoms with Gasteiger partial charge in [-0.05, 0) is 224 Å². The molecule has 0 N–H and O–H groups in total. The Morgan fingerprint density at radius 1 is 0.236 bits per heavy atom. The Kier molecular flexibility index (Phi) is 26.4. The summed E-state index contributed by atoms with van der Waals surface area (Å²) in [7, 11) is 0.